The van der Waals surface area contributed by atoms with Crippen molar-refractivity contribution in [3.63, 3.8) is 0 Å². The summed E-state index contributed by atoms with van der Waals surface area (Å²) in [6, 6.07) is 4.79. The summed E-state index contributed by atoms with van der Waals surface area (Å²) in [5.41, 5.74) is 3.10. The molecule has 0 aliphatic carbocycles. The Labute approximate surface area is 143 Å². The lowest BCUT2D eigenvalue weighted by atomic mass is 9.96. The molecule has 0 bridgehead atoms. The number of carbonyl (C=O) groups excluding carboxylic acids is 1. The van der Waals surface area contributed by atoms with Gasteiger partial charge in [-0.1, -0.05) is 0 Å². The first-order valence-corrected chi connectivity index (χ1v) is 8.63. The standard InChI is InChI=1S/C18H18FN5O/c19-12-2-3-15-13(7-12)14-9-23(6-5-16(14)22-15)18(25)11-1-4-17-20-10-21-24(17)8-11/h2-3,7,10-11,22H,1,4-6,8-9H2. The molecule has 0 fully saturated rings. The van der Waals surface area contributed by atoms with Gasteiger partial charge in [0, 0.05) is 48.1 Å². The molecule has 25 heavy (non-hydrogen) atoms. The second-order valence-electron chi connectivity index (χ2n) is 6.88. The molecule has 2 aliphatic heterocycles. The van der Waals surface area contributed by atoms with E-state index in [9.17, 15) is 9.18 Å². The molecule has 4 heterocycles. The number of nitrogens with one attached hydrogen (secondary N) is 1. The molecular weight excluding hydrogens is 321 g/mol. The smallest absolute Gasteiger partial charge is 0.227 e. The third-order valence-electron chi connectivity index (χ3n) is 5.40. The van der Waals surface area contributed by atoms with Crippen molar-refractivity contribution in [1.29, 1.82) is 0 Å². The molecule has 2 aliphatic rings. The van der Waals surface area contributed by atoms with Crippen LogP contribution in [0.15, 0.2) is 24.5 Å². The van der Waals surface area contributed by atoms with Crippen molar-refractivity contribution in [3.8, 4) is 0 Å². The van der Waals surface area contributed by atoms with Crippen LogP contribution in [0, 0.1) is 11.7 Å². The van der Waals surface area contributed by atoms with E-state index in [-0.39, 0.29) is 17.6 Å². The summed E-state index contributed by atoms with van der Waals surface area (Å²) in [5.74, 6) is 0.816. The largest absolute Gasteiger partial charge is 0.358 e. The molecule has 5 rings (SSSR count). The lowest BCUT2D eigenvalue weighted by Gasteiger charge is -2.32. The number of fused-ring (bicyclic) bond motifs is 4. The van der Waals surface area contributed by atoms with Crippen LogP contribution in [0.4, 0.5) is 4.39 Å². The molecule has 6 nitrogen and oxygen atoms in total. The minimum atomic E-state index is -0.247. The van der Waals surface area contributed by atoms with Crippen LogP contribution in [0.5, 0.6) is 0 Å². The summed E-state index contributed by atoms with van der Waals surface area (Å²) in [5, 5.41) is 5.08. The van der Waals surface area contributed by atoms with Crippen LogP contribution in [0.25, 0.3) is 10.9 Å². The molecule has 7 heteroatoms. The molecule has 2 aromatic heterocycles. The predicted molar refractivity (Wildman–Crippen MR) is 89.2 cm³/mol. The zero-order valence-corrected chi connectivity index (χ0v) is 13.7. The van der Waals surface area contributed by atoms with Crippen molar-refractivity contribution < 1.29 is 9.18 Å². The van der Waals surface area contributed by atoms with Gasteiger partial charge < -0.3 is 9.88 Å². The Morgan fingerprint density at radius 2 is 2.24 bits per heavy atom. The fourth-order valence-corrected chi connectivity index (χ4v) is 4.07. The van der Waals surface area contributed by atoms with Gasteiger partial charge in [0.15, 0.2) is 0 Å². The average Bonchev–Trinajstić information content (AvgIpc) is 3.24. The highest BCUT2D eigenvalue weighted by Crippen LogP contribution is 2.30. The number of H-pyrrole nitrogens is 1. The molecule has 0 saturated carbocycles. The first-order valence-electron chi connectivity index (χ1n) is 8.63. The Kier molecular flexibility index (Phi) is 3.16. The van der Waals surface area contributed by atoms with Crippen molar-refractivity contribution in [3.05, 3.63) is 47.4 Å². The van der Waals surface area contributed by atoms with Gasteiger partial charge in [0.25, 0.3) is 0 Å². The molecule has 1 atom stereocenters. The maximum Gasteiger partial charge on any atom is 0.227 e. The number of aromatic nitrogens is 4. The van der Waals surface area contributed by atoms with E-state index in [1.165, 1.54) is 6.07 Å². The van der Waals surface area contributed by atoms with Crippen LogP contribution >= 0.6 is 0 Å². The number of amides is 1. The second-order valence-corrected chi connectivity index (χ2v) is 6.88. The van der Waals surface area contributed by atoms with Crippen LogP contribution in [-0.4, -0.2) is 37.1 Å². The van der Waals surface area contributed by atoms with Crippen molar-refractivity contribution >= 4 is 16.8 Å². The van der Waals surface area contributed by atoms with E-state index < -0.39 is 0 Å². The van der Waals surface area contributed by atoms with Crippen LogP contribution < -0.4 is 0 Å². The molecule has 1 N–H and O–H groups in total. The van der Waals surface area contributed by atoms with Crippen molar-refractivity contribution in [2.24, 2.45) is 5.92 Å². The van der Waals surface area contributed by atoms with E-state index >= 15 is 0 Å². The number of carbonyl (C=O) groups is 1. The van der Waals surface area contributed by atoms with E-state index in [4.69, 9.17) is 0 Å². The number of hydrogen-bond donors (Lipinski definition) is 1. The third-order valence-corrected chi connectivity index (χ3v) is 5.40. The summed E-state index contributed by atoms with van der Waals surface area (Å²) in [6.45, 7) is 1.83. The third kappa shape index (κ3) is 2.33. The molecule has 128 valence electrons. The molecule has 0 saturated heterocycles. The summed E-state index contributed by atoms with van der Waals surface area (Å²) in [6.07, 6.45) is 3.92. The van der Waals surface area contributed by atoms with E-state index in [0.29, 0.717) is 19.6 Å². The number of aryl methyl sites for hydroxylation is 1. The van der Waals surface area contributed by atoms with Gasteiger partial charge in [-0.2, -0.15) is 5.10 Å². The molecular formula is C18H18FN5O. The van der Waals surface area contributed by atoms with E-state index in [1.807, 2.05) is 9.58 Å². The second kappa shape index (κ2) is 5.40. The number of rotatable bonds is 1. The topological polar surface area (TPSA) is 66.8 Å². The molecule has 1 aromatic carbocycles. The molecule has 0 spiro atoms. The van der Waals surface area contributed by atoms with Crippen molar-refractivity contribution in [2.45, 2.75) is 32.4 Å². The quantitative estimate of drug-likeness (QED) is 0.738. The average molecular weight is 339 g/mol. The number of hydrogen-bond acceptors (Lipinski definition) is 3. The highest BCUT2D eigenvalue weighted by molar-refractivity contribution is 5.86. The van der Waals surface area contributed by atoms with Gasteiger partial charge in [0.2, 0.25) is 5.91 Å². The molecule has 0 radical (unpaired) electrons. The van der Waals surface area contributed by atoms with E-state index in [1.54, 1.807) is 18.5 Å². The summed E-state index contributed by atoms with van der Waals surface area (Å²) in [4.78, 5) is 22.5. The fourth-order valence-electron chi connectivity index (χ4n) is 4.07. The van der Waals surface area contributed by atoms with Gasteiger partial charge >= 0.3 is 0 Å². The Balaban J connectivity index is 1.41. The maximum atomic E-state index is 13.6. The normalized spacial score (nSPS) is 19.7. The fraction of sp³-hybridized carbons (Fsp3) is 0.389. The van der Waals surface area contributed by atoms with Crippen LogP contribution in [0.1, 0.15) is 23.5 Å². The van der Waals surface area contributed by atoms with Gasteiger partial charge in [0.1, 0.15) is 18.0 Å². The minimum absolute atomic E-state index is 0.0577. The Morgan fingerprint density at radius 3 is 3.16 bits per heavy atom. The van der Waals surface area contributed by atoms with Gasteiger partial charge in [0.05, 0.1) is 12.5 Å². The van der Waals surface area contributed by atoms with Crippen LogP contribution in [0.2, 0.25) is 0 Å². The Morgan fingerprint density at radius 1 is 1.32 bits per heavy atom. The highest BCUT2D eigenvalue weighted by Gasteiger charge is 2.32. The lowest BCUT2D eigenvalue weighted by Crippen LogP contribution is -2.42. The van der Waals surface area contributed by atoms with Gasteiger partial charge in [-0.25, -0.2) is 14.1 Å². The van der Waals surface area contributed by atoms with Crippen LogP contribution in [0.3, 0.4) is 0 Å². The number of nitrogens with zero attached hydrogens (tertiary/aromatic N) is 4. The maximum absolute atomic E-state index is 13.6. The Bertz CT molecular complexity index is 975. The summed E-state index contributed by atoms with van der Waals surface area (Å²) >= 11 is 0. The number of halogens is 1. The first-order chi connectivity index (χ1) is 12.2. The first kappa shape index (κ1) is 14.6. The monoisotopic (exact) mass is 339 g/mol. The molecule has 1 unspecified atom stereocenters. The lowest BCUT2D eigenvalue weighted by molar-refractivity contribution is -0.137. The SMILES string of the molecule is O=C(C1CCc2ncnn2C1)N1CCc2[nH]c3ccc(F)cc3c2C1. The highest BCUT2D eigenvalue weighted by atomic mass is 19.1. The van der Waals surface area contributed by atoms with E-state index in [0.717, 1.165) is 47.2 Å². The van der Waals surface area contributed by atoms with Gasteiger partial charge in [-0.05, 0) is 24.6 Å². The zero-order chi connectivity index (χ0) is 17.0. The van der Waals surface area contributed by atoms with Gasteiger partial charge in [-0.3, -0.25) is 4.79 Å². The van der Waals surface area contributed by atoms with Crippen LogP contribution in [-0.2, 0) is 30.7 Å². The van der Waals surface area contributed by atoms with Gasteiger partial charge in [-0.15, -0.1) is 0 Å². The summed E-state index contributed by atoms with van der Waals surface area (Å²) < 4.78 is 15.5. The number of aromatic amines is 1. The summed E-state index contributed by atoms with van der Waals surface area (Å²) in [7, 11) is 0. The molecule has 3 aromatic rings. The number of benzene rings is 1. The molecule has 1 amide bonds. The Hall–Kier alpha value is -2.70. The van der Waals surface area contributed by atoms with E-state index in [2.05, 4.69) is 15.1 Å². The van der Waals surface area contributed by atoms with Crippen molar-refractivity contribution in [2.75, 3.05) is 6.54 Å². The predicted octanol–water partition coefficient (Wildman–Crippen LogP) is 2.05. The minimum Gasteiger partial charge on any atom is -0.358 e. The van der Waals surface area contributed by atoms with Crippen molar-refractivity contribution in [1.82, 2.24) is 24.6 Å². The zero-order valence-electron chi connectivity index (χ0n) is 13.7.